The molecular formula is C20H25N3O2. The van der Waals surface area contributed by atoms with Crippen molar-refractivity contribution in [3.05, 3.63) is 65.7 Å². The number of hydrogen-bond donors (Lipinski definition) is 2. The first-order chi connectivity index (χ1) is 12.2. The summed E-state index contributed by atoms with van der Waals surface area (Å²) < 4.78 is 5.36. The van der Waals surface area contributed by atoms with Crippen molar-refractivity contribution in [3.8, 4) is 0 Å². The number of nitrogens with zero attached hydrogens (tertiary/aromatic N) is 1. The molecule has 3 rings (SSSR count). The summed E-state index contributed by atoms with van der Waals surface area (Å²) in [6.07, 6.45) is 0.263. The van der Waals surface area contributed by atoms with Crippen molar-refractivity contribution in [1.82, 2.24) is 4.90 Å². The fraction of sp³-hybridized carbons (Fsp3) is 0.350. The highest BCUT2D eigenvalue weighted by molar-refractivity contribution is 5.91. The molecule has 1 atom stereocenters. The van der Waals surface area contributed by atoms with Gasteiger partial charge in [-0.25, -0.2) is 0 Å². The Kier molecular flexibility index (Phi) is 6.17. The highest BCUT2D eigenvalue weighted by atomic mass is 16.5. The predicted molar refractivity (Wildman–Crippen MR) is 99.2 cm³/mol. The molecule has 1 aliphatic rings. The van der Waals surface area contributed by atoms with Gasteiger partial charge in [-0.05, 0) is 23.3 Å². The largest absolute Gasteiger partial charge is 0.379 e. The Morgan fingerprint density at radius 1 is 1.08 bits per heavy atom. The first-order valence-electron chi connectivity index (χ1n) is 8.70. The van der Waals surface area contributed by atoms with Gasteiger partial charge >= 0.3 is 0 Å². The van der Waals surface area contributed by atoms with Crippen LogP contribution in [0.4, 0.5) is 5.69 Å². The van der Waals surface area contributed by atoms with Crippen molar-refractivity contribution in [3.63, 3.8) is 0 Å². The fourth-order valence-corrected chi connectivity index (χ4v) is 2.94. The lowest BCUT2D eigenvalue weighted by Crippen LogP contribution is -2.35. The van der Waals surface area contributed by atoms with E-state index in [1.807, 2.05) is 42.5 Å². The maximum Gasteiger partial charge on any atom is 0.226 e. The van der Waals surface area contributed by atoms with E-state index in [1.165, 1.54) is 5.56 Å². The van der Waals surface area contributed by atoms with E-state index < -0.39 is 0 Å². The third kappa shape index (κ3) is 5.39. The van der Waals surface area contributed by atoms with Gasteiger partial charge in [-0.15, -0.1) is 0 Å². The SMILES string of the molecule is NC(CC(=O)Nc1ccc(CN2CCOCC2)cc1)c1ccccc1. The van der Waals surface area contributed by atoms with Crippen LogP contribution in [-0.2, 0) is 16.1 Å². The number of morpholine rings is 1. The summed E-state index contributed by atoms with van der Waals surface area (Å²) in [7, 11) is 0. The van der Waals surface area contributed by atoms with E-state index in [-0.39, 0.29) is 18.4 Å². The number of benzene rings is 2. The van der Waals surface area contributed by atoms with Gasteiger partial charge < -0.3 is 15.8 Å². The van der Waals surface area contributed by atoms with E-state index >= 15 is 0 Å². The lowest BCUT2D eigenvalue weighted by Gasteiger charge is -2.26. The van der Waals surface area contributed by atoms with Gasteiger partial charge in [0.05, 0.1) is 13.2 Å². The van der Waals surface area contributed by atoms with E-state index in [2.05, 4.69) is 22.3 Å². The smallest absolute Gasteiger partial charge is 0.226 e. The standard InChI is InChI=1S/C20H25N3O2/c21-19(17-4-2-1-3-5-17)14-20(24)22-18-8-6-16(7-9-18)15-23-10-12-25-13-11-23/h1-9,19H,10-15,21H2,(H,22,24). The van der Waals surface area contributed by atoms with Crippen molar-refractivity contribution in [1.29, 1.82) is 0 Å². The number of ether oxygens (including phenoxy) is 1. The summed E-state index contributed by atoms with van der Waals surface area (Å²) in [5.41, 5.74) is 9.11. The molecular weight excluding hydrogens is 314 g/mol. The average molecular weight is 339 g/mol. The Balaban J connectivity index is 1.49. The summed E-state index contributed by atoms with van der Waals surface area (Å²) >= 11 is 0. The Hall–Kier alpha value is -2.21. The van der Waals surface area contributed by atoms with Crippen LogP contribution in [-0.4, -0.2) is 37.1 Å². The van der Waals surface area contributed by atoms with Gasteiger partial charge in [-0.1, -0.05) is 42.5 Å². The van der Waals surface area contributed by atoms with Crippen LogP contribution < -0.4 is 11.1 Å². The molecule has 0 radical (unpaired) electrons. The molecule has 1 aliphatic heterocycles. The minimum absolute atomic E-state index is 0.0720. The molecule has 5 nitrogen and oxygen atoms in total. The molecule has 1 saturated heterocycles. The van der Waals surface area contributed by atoms with Crippen molar-refractivity contribution >= 4 is 11.6 Å². The summed E-state index contributed by atoms with van der Waals surface area (Å²) in [5.74, 6) is -0.0720. The second-order valence-electron chi connectivity index (χ2n) is 6.35. The summed E-state index contributed by atoms with van der Waals surface area (Å²) in [6, 6.07) is 17.4. The normalized spacial score (nSPS) is 16.4. The molecule has 2 aromatic carbocycles. The topological polar surface area (TPSA) is 67.6 Å². The zero-order valence-electron chi connectivity index (χ0n) is 14.4. The second-order valence-corrected chi connectivity index (χ2v) is 6.35. The molecule has 1 fully saturated rings. The van der Waals surface area contributed by atoms with Gasteiger partial charge in [0.2, 0.25) is 5.91 Å². The minimum Gasteiger partial charge on any atom is -0.379 e. The molecule has 25 heavy (non-hydrogen) atoms. The highest BCUT2D eigenvalue weighted by Gasteiger charge is 2.13. The van der Waals surface area contributed by atoms with Crippen LogP contribution >= 0.6 is 0 Å². The van der Waals surface area contributed by atoms with Crippen LogP contribution in [0.3, 0.4) is 0 Å². The lowest BCUT2D eigenvalue weighted by molar-refractivity contribution is -0.116. The van der Waals surface area contributed by atoms with Crippen molar-refractivity contribution < 1.29 is 9.53 Å². The number of carbonyl (C=O) groups excluding carboxylic acids is 1. The number of nitrogens with one attached hydrogen (secondary N) is 1. The maximum atomic E-state index is 12.2. The number of anilines is 1. The Morgan fingerprint density at radius 3 is 2.44 bits per heavy atom. The van der Waals surface area contributed by atoms with Gasteiger partial charge in [0.25, 0.3) is 0 Å². The number of nitrogens with two attached hydrogens (primary N) is 1. The zero-order valence-corrected chi connectivity index (χ0v) is 14.4. The van der Waals surface area contributed by atoms with Gasteiger partial charge in [0.1, 0.15) is 0 Å². The monoisotopic (exact) mass is 339 g/mol. The van der Waals surface area contributed by atoms with Gasteiger partial charge in [0.15, 0.2) is 0 Å². The van der Waals surface area contributed by atoms with E-state index in [4.69, 9.17) is 10.5 Å². The van der Waals surface area contributed by atoms with Crippen LogP contribution in [0.1, 0.15) is 23.6 Å². The molecule has 1 unspecified atom stereocenters. The predicted octanol–water partition coefficient (Wildman–Crippen LogP) is 2.55. The summed E-state index contributed by atoms with van der Waals surface area (Å²) in [5, 5.41) is 2.92. The quantitative estimate of drug-likeness (QED) is 0.849. The lowest BCUT2D eigenvalue weighted by atomic mass is 10.0. The third-order valence-corrected chi connectivity index (χ3v) is 4.38. The van der Waals surface area contributed by atoms with Gasteiger partial charge in [-0.2, -0.15) is 0 Å². The number of rotatable bonds is 6. The van der Waals surface area contributed by atoms with Gasteiger partial charge in [0, 0.05) is 37.8 Å². The second kappa shape index (κ2) is 8.76. The molecule has 3 N–H and O–H groups in total. The molecule has 1 amide bonds. The summed E-state index contributed by atoms with van der Waals surface area (Å²) in [4.78, 5) is 14.6. The Bertz CT molecular complexity index is 667. The Morgan fingerprint density at radius 2 is 1.76 bits per heavy atom. The molecule has 5 heteroatoms. The van der Waals surface area contributed by atoms with Crippen LogP contribution in [0, 0.1) is 0 Å². The molecule has 0 aliphatic carbocycles. The molecule has 1 heterocycles. The van der Waals surface area contributed by atoms with E-state index in [9.17, 15) is 4.79 Å². The van der Waals surface area contributed by atoms with Crippen molar-refractivity contribution in [2.45, 2.75) is 19.0 Å². The minimum atomic E-state index is -0.290. The van der Waals surface area contributed by atoms with E-state index in [0.29, 0.717) is 0 Å². The average Bonchev–Trinajstić information content (AvgIpc) is 2.65. The van der Waals surface area contributed by atoms with Crippen LogP contribution in [0.25, 0.3) is 0 Å². The number of carbonyl (C=O) groups is 1. The number of amides is 1. The summed E-state index contributed by atoms with van der Waals surface area (Å²) in [6.45, 7) is 4.45. The highest BCUT2D eigenvalue weighted by Crippen LogP contribution is 2.16. The number of hydrogen-bond acceptors (Lipinski definition) is 4. The molecule has 2 aromatic rings. The maximum absolute atomic E-state index is 12.2. The zero-order chi connectivity index (χ0) is 17.5. The van der Waals surface area contributed by atoms with Crippen LogP contribution in [0.5, 0.6) is 0 Å². The molecule has 0 bridgehead atoms. The van der Waals surface area contributed by atoms with Crippen molar-refractivity contribution in [2.75, 3.05) is 31.6 Å². The molecule has 0 saturated carbocycles. The van der Waals surface area contributed by atoms with Crippen LogP contribution in [0.15, 0.2) is 54.6 Å². The van der Waals surface area contributed by atoms with Crippen molar-refractivity contribution in [2.24, 2.45) is 5.73 Å². The third-order valence-electron chi connectivity index (χ3n) is 4.38. The first-order valence-corrected chi connectivity index (χ1v) is 8.70. The van der Waals surface area contributed by atoms with Crippen LogP contribution in [0.2, 0.25) is 0 Å². The van der Waals surface area contributed by atoms with E-state index in [0.717, 1.165) is 44.1 Å². The first kappa shape index (κ1) is 17.6. The fourth-order valence-electron chi connectivity index (χ4n) is 2.94. The van der Waals surface area contributed by atoms with E-state index in [1.54, 1.807) is 0 Å². The molecule has 0 spiro atoms. The molecule has 132 valence electrons. The molecule has 0 aromatic heterocycles. The van der Waals surface area contributed by atoms with Gasteiger partial charge in [-0.3, -0.25) is 9.69 Å². The Labute approximate surface area is 148 Å².